The summed E-state index contributed by atoms with van der Waals surface area (Å²) in [7, 11) is 1.42. The van der Waals surface area contributed by atoms with Gasteiger partial charge in [-0.3, -0.25) is 4.79 Å². The van der Waals surface area contributed by atoms with Crippen molar-refractivity contribution in [3.05, 3.63) is 17.9 Å². The maximum absolute atomic E-state index is 13.6. The third-order valence-corrected chi connectivity index (χ3v) is 2.95. The van der Waals surface area contributed by atoms with Crippen molar-refractivity contribution < 1.29 is 13.9 Å². The standard InChI is InChI=1S/C13H17FN2O2/c1-13(2,3)16-7-12(17)15-9-5-8(14)11(18-4)6-10(9)16/h5-6H,7H2,1-4H3,(H,15,17). The first kappa shape index (κ1) is 12.7. The third-order valence-electron chi connectivity index (χ3n) is 2.95. The molecule has 1 amide bonds. The number of hydrogen-bond acceptors (Lipinski definition) is 3. The van der Waals surface area contributed by atoms with E-state index in [4.69, 9.17) is 4.74 Å². The Kier molecular flexibility index (Phi) is 2.92. The van der Waals surface area contributed by atoms with Crippen molar-refractivity contribution in [2.75, 3.05) is 23.9 Å². The number of anilines is 2. The lowest BCUT2D eigenvalue weighted by molar-refractivity contribution is -0.115. The molecule has 0 radical (unpaired) electrons. The number of benzene rings is 1. The molecule has 1 aliphatic rings. The lowest BCUT2D eigenvalue weighted by atomic mass is 10.0. The molecular weight excluding hydrogens is 235 g/mol. The maximum Gasteiger partial charge on any atom is 0.243 e. The summed E-state index contributed by atoms with van der Waals surface area (Å²) >= 11 is 0. The predicted molar refractivity (Wildman–Crippen MR) is 68.7 cm³/mol. The zero-order valence-electron chi connectivity index (χ0n) is 11.0. The van der Waals surface area contributed by atoms with E-state index in [-0.39, 0.29) is 23.7 Å². The van der Waals surface area contributed by atoms with Gasteiger partial charge in [-0.15, -0.1) is 0 Å². The molecule has 1 N–H and O–H groups in total. The van der Waals surface area contributed by atoms with Crippen LogP contribution in [-0.4, -0.2) is 25.1 Å². The normalized spacial score (nSPS) is 15.2. The Morgan fingerprint density at radius 2 is 2.06 bits per heavy atom. The molecule has 98 valence electrons. The van der Waals surface area contributed by atoms with Crippen molar-refractivity contribution >= 4 is 17.3 Å². The van der Waals surface area contributed by atoms with Crippen LogP contribution in [0.5, 0.6) is 5.75 Å². The zero-order valence-corrected chi connectivity index (χ0v) is 11.0. The molecule has 4 nitrogen and oxygen atoms in total. The van der Waals surface area contributed by atoms with E-state index in [2.05, 4.69) is 5.32 Å². The van der Waals surface area contributed by atoms with Crippen molar-refractivity contribution in [2.45, 2.75) is 26.3 Å². The van der Waals surface area contributed by atoms with Gasteiger partial charge in [-0.25, -0.2) is 4.39 Å². The van der Waals surface area contributed by atoms with Crippen LogP contribution in [0.2, 0.25) is 0 Å². The summed E-state index contributed by atoms with van der Waals surface area (Å²) in [5.74, 6) is -0.437. The molecule has 5 heteroatoms. The SMILES string of the molecule is COc1cc2c(cc1F)NC(=O)CN2C(C)(C)C. The molecule has 0 bridgehead atoms. The number of fused-ring (bicyclic) bond motifs is 1. The monoisotopic (exact) mass is 252 g/mol. The van der Waals surface area contributed by atoms with Crippen molar-refractivity contribution in [1.82, 2.24) is 0 Å². The van der Waals surface area contributed by atoms with Gasteiger partial charge in [-0.2, -0.15) is 0 Å². The Hall–Kier alpha value is -1.78. The molecule has 18 heavy (non-hydrogen) atoms. The van der Waals surface area contributed by atoms with Crippen LogP contribution in [0.3, 0.4) is 0 Å². The average Bonchev–Trinajstić information content (AvgIpc) is 2.25. The smallest absolute Gasteiger partial charge is 0.243 e. The molecule has 0 aromatic heterocycles. The number of hydrogen-bond donors (Lipinski definition) is 1. The van der Waals surface area contributed by atoms with E-state index >= 15 is 0 Å². The number of methoxy groups -OCH3 is 1. The van der Waals surface area contributed by atoms with Crippen LogP contribution in [-0.2, 0) is 4.79 Å². The minimum atomic E-state index is -0.479. The molecule has 0 spiro atoms. The fourth-order valence-corrected chi connectivity index (χ4v) is 2.04. The molecule has 1 heterocycles. The van der Waals surface area contributed by atoms with Gasteiger partial charge in [0.2, 0.25) is 5.91 Å². The van der Waals surface area contributed by atoms with Crippen molar-refractivity contribution in [3.63, 3.8) is 0 Å². The minimum absolute atomic E-state index is 0.137. The topological polar surface area (TPSA) is 41.6 Å². The minimum Gasteiger partial charge on any atom is -0.494 e. The molecule has 0 unspecified atom stereocenters. The molecule has 2 rings (SSSR count). The molecule has 0 aliphatic carbocycles. The second kappa shape index (κ2) is 4.15. The zero-order chi connectivity index (χ0) is 13.5. The van der Waals surface area contributed by atoms with Crippen LogP contribution in [0.1, 0.15) is 20.8 Å². The summed E-state index contributed by atoms with van der Waals surface area (Å²) in [5, 5.41) is 2.68. The average molecular weight is 252 g/mol. The molecule has 0 fully saturated rings. The van der Waals surface area contributed by atoms with Crippen molar-refractivity contribution in [2.24, 2.45) is 0 Å². The van der Waals surface area contributed by atoms with E-state index in [0.717, 1.165) is 5.69 Å². The van der Waals surface area contributed by atoms with Crippen LogP contribution in [0, 0.1) is 5.82 Å². The quantitative estimate of drug-likeness (QED) is 0.834. The van der Waals surface area contributed by atoms with Gasteiger partial charge in [0.05, 0.1) is 25.0 Å². The summed E-state index contributed by atoms with van der Waals surface area (Å²) in [4.78, 5) is 13.6. The van der Waals surface area contributed by atoms with E-state index in [1.54, 1.807) is 6.07 Å². The number of carbonyl (C=O) groups is 1. The van der Waals surface area contributed by atoms with E-state index in [1.165, 1.54) is 13.2 Å². The van der Waals surface area contributed by atoms with Gasteiger partial charge >= 0.3 is 0 Å². The number of ether oxygens (including phenoxy) is 1. The highest BCUT2D eigenvalue weighted by Gasteiger charge is 2.31. The van der Waals surface area contributed by atoms with Gasteiger partial charge in [-0.1, -0.05) is 0 Å². The van der Waals surface area contributed by atoms with Crippen molar-refractivity contribution in [3.8, 4) is 5.75 Å². The van der Waals surface area contributed by atoms with Crippen molar-refractivity contribution in [1.29, 1.82) is 0 Å². The van der Waals surface area contributed by atoms with Crippen LogP contribution in [0.15, 0.2) is 12.1 Å². The van der Waals surface area contributed by atoms with Crippen LogP contribution < -0.4 is 15.0 Å². The van der Waals surface area contributed by atoms with E-state index < -0.39 is 5.82 Å². The van der Waals surface area contributed by atoms with Gasteiger partial charge in [-0.05, 0) is 20.8 Å². The highest BCUT2D eigenvalue weighted by atomic mass is 19.1. The molecule has 0 saturated carbocycles. The molecule has 0 atom stereocenters. The number of amides is 1. The molecular formula is C13H17FN2O2. The second-order valence-electron chi connectivity index (χ2n) is 5.31. The predicted octanol–water partition coefficient (Wildman–Crippen LogP) is 2.39. The van der Waals surface area contributed by atoms with Gasteiger partial charge in [0.25, 0.3) is 0 Å². The van der Waals surface area contributed by atoms with E-state index in [9.17, 15) is 9.18 Å². The lowest BCUT2D eigenvalue weighted by Crippen LogP contribution is -2.49. The number of nitrogens with zero attached hydrogens (tertiary/aromatic N) is 1. The number of rotatable bonds is 1. The van der Waals surface area contributed by atoms with Gasteiger partial charge in [0.15, 0.2) is 11.6 Å². The summed E-state index contributed by atoms with van der Waals surface area (Å²) < 4.78 is 18.6. The Morgan fingerprint density at radius 1 is 1.39 bits per heavy atom. The highest BCUT2D eigenvalue weighted by Crippen LogP contribution is 2.38. The van der Waals surface area contributed by atoms with Gasteiger partial charge < -0.3 is 15.0 Å². The van der Waals surface area contributed by atoms with Gasteiger partial charge in [0, 0.05) is 17.7 Å². The first-order valence-electron chi connectivity index (χ1n) is 5.78. The van der Waals surface area contributed by atoms with Crippen LogP contribution in [0.25, 0.3) is 0 Å². The maximum atomic E-state index is 13.6. The first-order chi connectivity index (χ1) is 8.32. The van der Waals surface area contributed by atoms with E-state index in [0.29, 0.717) is 5.69 Å². The Labute approximate surface area is 106 Å². The highest BCUT2D eigenvalue weighted by molar-refractivity contribution is 6.01. The number of carbonyl (C=O) groups excluding carboxylic acids is 1. The van der Waals surface area contributed by atoms with E-state index in [1.807, 2.05) is 25.7 Å². The summed E-state index contributed by atoms with van der Waals surface area (Å²) in [5.41, 5.74) is 1.04. The van der Waals surface area contributed by atoms with Crippen LogP contribution >= 0.6 is 0 Å². The van der Waals surface area contributed by atoms with Gasteiger partial charge in [0.1, 0.15) is 0 Å². The summed E-state index contributed by atoms with van der Waals surface area (Å²) in [6.45, 7) is 6.27. The first-order valence-corrected chi connectivity index (χ1v) is 5.78. The number of halogens is 1. The molecule has 1 aromatic carbocycles. The fraction of sp³-hybridized carbons (Fsp3) is 0.462. The Balaban J connectivity index is 2.56. The largest absolute Gasteiger partial charge is 0.494 e. The molecule has 0 saturated heterocycles. The lowest BCUT2D eigenvalue weighted by Gasteiger charge is -2.41. The second-order valence-corrected chi connectivity index (χ2v) is 5.31. The Morgan fingerprint density at radius 3 is 2.61 bits per heavy atom. The van der Waals surface area contributed by atoms with Crippen LogP contribution in [0.4, 0.5) is 15.8 Å². The third kappa shape index (κ3) is 2.12. The summed E-state index contributed by atoms with van der Waals surface area (Å²) in [6.07, 6.45) is 0. The summed E-state index contributed by atoms with van der Waals surface area (Å²) in [6, 6.07) is 2.92. The number of nitrogens with one attached hydrogen (secondary N) is 1. The molecule has 1 aliphatic heterocycles. The Bertz CT molecular complexity index is 494. The molecule has 1 aromatic rings. The fourth-order valence-electron chi connectivity index (χ4n) is 2.04.